The zero-order valence-corrected chi connectivity index (χ0v) is 23.9. The van der Waals surface area contributed by atoms with E-state index in [-0.39, 0.29) is 24.7 Å². The zero-order valence-electron chi connectivity index (χ0n) is 21.2. The average Bonchev–Trinajstić information content (AvgIpc) is 2.84. The molecule has 0 aliphatic heterocycles. The van der Waals surface area contributed by atoms with E-state index in [2.05, 4.69) is 39.1 Å². The van der Waals surface area contributed by atoms with E-state index in [0.717, 1.165) is 41.7 Å². The maximum atomic E-state index is 11.8. The molecular weight excluding hydrogens is 485 g/mol. The van der Waals surface area contributed by atoms with Gasteiger partial charge in [0.25, 0.3) is 0 Å². The van der Waals surface area contributed by atoms with Crippen LogP contribution in [-0.2, 0) is 15.4 Å². The van der Waals surface area contributed by atoms with Crippen LogP contribution in [0.1, 0.15) is 51.8 Å². The number of halogens is 1. The molecule has 3 atom stereocenters. The maximum Gasteiger partial charge on any atom is 0.236 e. The fraction of sp³-hybridized carbons (Fsp3) is 0.538. The Labute approximate surface area is 211 Å². The van der Waals surface area contributed by atoms with E-state index in [1.54, 1.807) is 6.92 Å². The van der Waals surface area contributed by atoms with Gasteiger partial charge in [0.15, 0.2) is 14.7 Å². The Morgan fingerprint density at radius 2 is 1.71 bits per heavy atom. The largest absolute Gasteiger partial charge is 0.484 e. The van der Waals surface area contributed by atoms with Gasteiger partial charge in [0, 0.05) is 23.8 Å². The van der Waals surface area contributed by atoms with Crippen molar-refractivity contribution in [3.05, 3.63) is 64.7 Å². The first-order chi connectivity index (χ1) is 16.2. The minimum atomic E-state index is -3.19. The summed E-state index contributed by atoms with van der Waals surface area (Å²) in [6.45, 7) is 11.3. The first-order valence-electron chi connectivity index (χ1n) is 12.3. The van der Waals surface area contributed by atoms with Crippen molar-refractivity contribution < 1.29 is 18.6 Å². The van der Waals surface area contributed by atoms with Gasteiger partial charge in [-0.3, -0.25) is 4.57 Å². The van der Waals surface area contributed by atoms with Crippen molar-refractivity contribution in [3.63, 3.8) is 0 Å². The topological polar surface area (TPSA) is 67.8 Å². The minimum Gasteiger partial charge on any atom is -0.484 e. The fourth-order valence-corrected chi connectivity index (χ4v) is 7.51. The Balaban J connectivity index is 2.00. The van der Waals surface area contributed by atoms with Crippen molar-refractivity contribution >= 4 is 27.3 Å². The smallest absolute Gasteiger partial charge is 0.236 e. The zero-order chi connectivity index (χ0) is 25.2. The van der Waals surface area contributed by atoms with E-state index < -0.39 is 15.7 Å². The Bertz CT molecular complexity index is 915. The van der Waals surface area contributed by atoms with Gasteiger partial charge < -0.3 is 19.4 Å². The monoisotopic (exact) mass is 525 g/mol. The molecule has 8 heteroatoms. The molecule has 2 N–H and O–H groups in total. The van der Waals surface area contributed by atoms with E-state index in [9.17, 15) is 9.46 Å². The van der Waals surface area contributed by atoms with Crippen molar-refractivity contribution in [1.29, 1.82) is 0 Å². The van der Waals surface area contributed by atoms with Crippen molar-refractivity contribution in [2.75, 3.05) is 19.1 Å². The number of hydrogen-bond donors (Lipinski definition) is 2. The highest BCUT2D eigenvalue weighted by molar-refractivity contribution is 7.57. The highest BCUT2D eigenvalue weighted by Gasteiger charge is 2.32. The van der Waals surface area contributed by atoms with Crippen LogP contribution in [0.3, 0.4) is 0 Å². The molecular formula is C26H41ClNO4PSi. The van der Waals surface area contributed by atoms with E-state index in [1.807, 2.05) is 42.5 Å². The molecule has 2 rings (SSSR count). The molecule has 2 aromatic rings. The predicted molar refractivity (Wildman–Crippen MR) is 146 cm³/mol. The number of rotatable bonds is 15. The minimum absolute atomic E-state index is 0.0313. The van der Waals surface area contributed by atoms with Gasteiger partial charge in [-0.2, -0.15) is 0 Å². The molecule has 0 heterocycles. The standard InChI is InChI=1S/C26H41ClNO4PSi/c1-6-33(29,30)20-31-25-15-13-22(14-16-25)17-21(5)28-19-26(23-11-10-12-24(27)18-23)32-34(7-2,8-3)9-4/h10-16,18,21,26,28H,6-9,17,19-20H2,1-5H3,(H,29,30). The van der Waals surface area contributed by atoms with Crippen LogP contribution in [0.25, 0.3) is 0 Å². The highest BCUT2D eigenvalue weighted by atomic mass is 35.5. The van der Waals surface area contributed by atoms with Crippen LogP contribution in [0, 0.1) is 0 Å². The summed E-state index contributed by atoms with van der Waals surface area (Å²) >= 11 is 6.30. The van der Waals surface area contributed by atoms with Gasteiger partial charge in [-0.25, -0.2) is 0 Å². The third-order valence-corrected chi connectivity index (χ3v) is 13.0. The number of hydrogen-bond acceptors (Lipinski definition) is 4. The molecule has 190 valence electrons. The van der Waals surface area contributed by atoms with E-state index >= 15 is 0 Å². The molecule has 0 saturated heterocycles. The molecule has 0 saturated carbocycles. The van der Waals surface area contributed by atoms with Crippen LogP contribution < -0.4 is 10.1 Å². The van der Waals surface area contributed by atoms with Crippen LogP contribution in [0.5, 0.6) is 5.75 Å². The normalized spacial score (nSPS) is 15.5. The van der Waals surface area contributed by atoms with Crippen LogP contribution in [0.2, 0.25) is 23.2 Å². The average molecular weight is 526 g/mol. The summed E-state index contributed by atoms with van der Waals surface area (Å²) in [4.78, 5) is 9.68. The maximum absolute atomic E-state index is 11.8. The second-order valence-corrected chi connectivity index (χ2v) is 16.7. The van der Waals surface area contributed by atoms with Gasteiger partial charge in [-0.05, 0) is 66.9 Å². The van der Waals surface area contributed by atoms with Crippen molar-refractivity contribution in [2.24, 2.45) is 0 Å². The Kier molecular flexibility index (Phi) is 11.8. The predicted octanol–water partition coefficient (Wildman–Crippen LogP) is 7.25. The number of benzene rings is 2. The summed E-state index contributed by atoms with van der Waals surface area (Å²) < 4.78 is 24.1. The molecule has 0 aliphatic carbocycles. The summed E-state index contributed by atoms with van der Waals surface area (Å²) in [6, 6.07) is 19.3. The van der Waals surface area contributed by atoms with E-state index in [1.165, 1.54) is 5.56 Å². The second kappa shape index (κ2) is 13.8. The van der Waals surface area contributed by atoms with Gasteiger partial charge >= 0.3 is 0 Å². The van der Waals surface area contributed by atoms with Gasteiger partial charge in [0.2, 0.25) is 7.37 Å². The van der Waals surface area contributed by atoms with Gasteiger partial charge in [0.05, 0.1) is 6.10 Å². The van der Waals surface area contributed by atoms with E-state index in [0.29, 0.717) is 5.75 Å². The lowest BCUT2D eigenvalue weighted by molar-refractivity contribution is 0.182. The van der Waals surface area contributed by atoms with Crippen LogP contribution in [-0.4, -0.2) is 38.3 Å². The van der Waals surface area contributed by atoms with E-state index in [4.69, 9.17) is 20.8 Å². The molecule has 34 heavy (non-hydrogen) atoms. The summed E-state index contributed by atoms with van der Waals surface area (Å²) in [6.07, 6.45) is 0.890. The molecule has 0 spiro atoms. The fourth-order valence-electron chi connectivity index (χ4n) is 3.96. The Morgan fingerprint density at radius 3 is 2.26 bits per heavy atom. The third-order valence-electron chi connectivity index (χ3n) is 6.59. The van der Waals surface area contributed by atoms with Crippen LogP contribution in [0.15, 0.2) is 48.5 Å². The van der Waals surface area contributed by atoms with Gasteiger partial charge in [-0.1, -0.05) is 63.6 Å². The third kappa shape index (κ3) is 9.14. The summed E-state index contributed by atoms with van der Waals surface area (Å²) in [7, 11) is -4.98. The van der Waals surface area contributed by atoms with Gasteiger partial charge in [-0.15, -0.1) is 0 Å². The van der Waals surface area contributed by atoms with Crippen LogP contribution >= 0.6 is 19.0 Å². The first-order valence-corrected chi connectivity index (χ1v) is 17.3. The lowest BCUT2D eigenvalue weighted by Crippen LogP contribution is -2.41. The molecule has 0 bridgehead atoms. The molecule has 0 aromatic heterocycles. The Hall–Kier alpha value is -1.14. The van der Waals surface area contributed by atoms with Crippen molar-refractivity contribution in [3.8, 4) is 5.75 Å². The van der Waals surface area contributed by atoms with Crippen molar-refractivity contribution in [2.45, 2.75) is 71.3 Å². The summed E-state index contributed by atoms with van der Waals surface area (Å²) in [5.41, 5.74) is 2.30. The molecule has 0 radical (unpaired) electrons. The molecule has 0 fully saturated rings. The summed E-state index contributed by atoms with van der Waals surface area (Å²) in [5.74, 6) is 0.613. The number of ether oxygens (including phenoxy) is 1. The summed E-state index contributed by atoms with van der Waals surface area (Å²) in [5, 5.41) is 4.40. The molecule has 5 nitrogen and oxygen atoms in total. The second-order valence-electron chi connectivity index (χ2n) is 9.00. The number of nitrogens with one attached hydrogen (secondary N) is 1. The highest BCUT2D eigenvalue weighted by Crippen LogP contribution is 2.39. The molecule has 2 aromatic carbocycles. The van der Waals surface area contributed by atoms with Crippen molar-refractivity contribution in [1.82, 2.24) is 5.32 Å². The first kappa shape index (κ1) is 29.1. The SMILES string of the molecule is CC[Si](CC)(CC)OC(CNC(C)Cc1ccc(OCP(=O)(O)CC)cc1)c1cccc(Cl)c1. The quantitative estimate of drug-likeness (QED) is 0.189. The lowest BCUT2D eigenvalue weighted by atomic mass is 10.1. The van der Waals surface area contributed by atoms with Crippen LogP contribution in [0.4, 0.5) is 0 Å². The molecule has 3 unspecified atom stereocenters. The molecule has 0 aliphatic rings. The van der Waals surface area contributed by atoms with Gasteiger partial charge in [0.1, 0.15) is 5.75 Å². The Morgan fingerprint density at radius 1 is 1.06 bits per heavy atom. The lowest BCUT2D eigenvalue weighted by Gasteiger charge is -2.34. The molecule has 0 amide bonds.